The van der Waals surface area contributed by atoms with E-state index >= 15 is 0 Å². The molecule has 0 saturated heterocycles. The molecule has 0 amide bonds. The van der Waals surface area contributed by atoms with E-state index in [1.165, 1.54) is 12.1 Å². The summed E-state index contributed by atoms with van der Waals surface area (Å²) in [5.74, 6) is 0. The third-order valence-corrected chi connectivity index (χ3v) is 8.00. The molecule has 0 unspecified atom stereocenters. The molecule has 2 aromatic carbocycles. The molecule has 0 saturated carbocycles. The summed E-state index contributed by atoms with van der Waals surface area (Å²) in [7, 11) is 0. The fourth-order valence-electron chi connectivity index (χ4n) is 4.83. The number of nitrogen functional groups attached to an aromatic ring is 1. The van der Waals surface area contributed by atoms with Gasteiger partial charge in [0.15, 0.2) is 0 Å². The van der Waals surface area contributed by atoms with Gasteiger partial charge in [-0.3, -0.25) is 30.0 Å². The molecule has 13 heteroatoms. The van der Waals surface area contributed by atoms with Crippen molar-refractivity contribution in [3.05, 3.63) is 69.3 Å². The maximum atomic E-state index is 10.9. The Morgan fingerprint density at radius 2 is 1.30 bits per heavy atom. The number of nitrogens with one attached hydrogen (secondary N) is 1. The maximum Gasteiger partial charge on any atom is 0.293 e. The van der Waals surface area contributed by atoms with Crippen LogP contribution in [0.4, 0.5) is 22.7 Å². The first-order chi connectivity index (χ1) is 17.1. The summed E-state index contributed by atoms with van der Waals surface area (Å²) < 4.78 is 1.54. The molecule has 199 valence electrons. The molecule has 0 atom stereocenters. The fourth-order valence-corrected chi connectivity index (χ4v) is 6.00. The van der Waals surface area contributed by atoms with Crippen molar-refractivity contribution in [3.8, 4) is 0 Å². The molecular weight excluding hydrogens is 823 g/mol. The van der Waals surface area contributed by atoms with Crippen LogP contribution in [0.15, 0.2) is 21.1 Å². The molecule has 10 nitrogen and oxygen atoms in total. The fraction of sp³-hybridized carbons (Fsp3) is 0.500. The molecule has 0 spiro atoms. The summed E-state index contributed by atoms with van der Waals surface area (Å²) in [6, 6.07) is 2.97. The first-order valence-corrected chi connectivity index (χ1v) is 13.6. The molecule has 4 rings (SSSR count). The van der Waals surface area contributed by atoms with Crippen LogP contribution in [-0.4, -0.2) is 45.8 Å². The molecule has 1 radical (unpaired) electrons. The van der Waals surface area contributed by atoms with Crippen LogP contribution in [0.2, 0.25) is 0 Å². The average molecular weight is 854 g/mol. The molecule has 3 N–H and O–H groups in total. The van der Waals surface area contributed by atoms with Crippen LogP contribution in [0.5, 0.6) is 0 Å². The van der Waals surface area contributed by atoms with E-state index in [2.05, 4.69) is 55.5 Å². The van der Waals surface area contributed by atoms with Crippen LogP contribution in [-0.2, 0) is 25.9 Å². The molecule has 2 aromatic rings. The molecule has 0 bridgehead atoms. The zero-order valence-electron chi connectivity index (χ0n) is 21.1. The normalized spacial score (nSPS) is 15.0. The quantitative estimate of drug-likeness (QED) is 0.198. The standard InChI is InChI=1S/C12H16BrN3O2.C12H15BrN3O2.Ac/c2*1-2-4-15-5-3-8-9(7-15)10(13)6-11(12(8)14)16(17)18;/h6H,2-5,7,14H2,1H3;6,14H,2-5,7H2,1H3;/q;-1;. The number of anilines is 1. The minimum Gasteiger partial charge on any atom is -0.693 e. The minimum absolute atomic E-state index is 0. The minimum atomic E-state index is -0.480. The number of hydrogen-bond donors (Lipinski definition) is 1. The van der Waals surface area contributed by atoms with Gasteiger partial charge in [-0.15, -0.1) is 0 Å². The van der Waals surface area contributed by atoms with E-state index in [1.807, 2.05) is 0 Å². The summed E-state index contributed by atoms with van der Waals surface area (Å²) in [5, 5.41) is 21.8. The summed E-state index contributed by atoms with van der Waals surface area (Å²) in [6.45, 7) is 9.72. The first kappa shape index (κ1) is 32.4. The van der Waals surface area contributed by atoms with Crippen molar-refractivity contribution in [1.82, 2.24) is 9.80 Å². The van der Waals surface area contributed by atoms with Crippen molar-refractivity contribution in [2.45, 2.75) is 52.6 Å². The molecule has 0 aliphatic carbocycles. The summed E-state index contributed by atoms with van der Waals surface area (Å²) in [5.41, 5.74) is 18.0. The van der Waals surface area contributed by atoms with Crippen molar-refractivity contribution in [3.63, 3.8) is 0 Å². The Morgan fingerprint density at radius 1 is 0.865 bits per heavy atom. The van der Waals surface area contributed by atoms with Crippen LogP contribution < -0.4 is 5.73 Å². The van der Waals surface area contributed by atoms with Gasteiger partial charge in [0.2, 0.25) is 0 Å². The Labute approximate surface area is 269 Å². The summed E-state index contributed by atoms with van der Waals surface area (Å²) in [6.07, 6.45) is 3.69. The Bertz CT molecular complexity index is 1080. The van der Waals surface area contributed by atoms with Crippen molar-refractivity contribution >= 4 is 54.6 Å². The topological polar surface area (TPSA) is 143 Å². The Kier molecular flexibility index (Phi) is 12.7. The zero-order chi connectivity index (χ0) is 26.6. The van der Waals surface area contributed by atoms with Gasteiger partial charge in [-0.05, 0) is 61.0 Å². The van der Waals surface area contributed by atoms with E-state index in [0.717, 1.165) is 89.7 Å². The average Bonchev–Trinajstić information content (AvgIpc) is 2.84. The van der Waals surface area contributed by atoms with Crippen LogP contribution in [0.25, 0.3) is 5.73 Å². The Hall–Kier alpha value is -0.838. The van der Waals surface area contributed by atoms with Gasteiger partial charge in [0.1, 0.15) is 5.69 Å². The molecule has 2 heterocycles. The van der Waals surface area contributed by atoms with Crippen molar-refractivity contribution in [2.24, 2.45) is 0 Å². The zero-order valence-corrected chi connectivity index (χ0v) is 29.0. The number of halogens is 2. The van der Waals surface area contributed by atoms with Crippen LogP contribution >= 0.6 is 31.9 Å². The predicted molar refractivity (Wildman–Crippen MR) is 149 cm³/mol. The van der Waals surface area contributed by atoms with E-state index in [9.17, 15) is 20.2 Å². The third kappa shape index (κ3) is 7.64. The monoisotopic (exact) mass is 852 g/mol. The molecule has 2 aliphatic heterocycles. The summed E-state index contributed by atoms with van der Waals surface area (Å²) in [4.78, 5) is 25.6. The van der Waals surface area contributed by atoms with Gasteiger partial charge in [0.05, 0.1) is 9.85 Å². The van der Waals surface area contributed by atoms with E-state index in [4.69, 9.17) is 11.5 Å². The van der Waals surface area contributed by atoms with Gasteiger partial charge in [-0.25, -0.2) is 0 Å². The van der Waals surface area contributed by atoms with Gasteiger partial charge in [-0.1, -0.05) is 51.4 Å². The molecule has 0 fully saturated rings. The van der Waals surface area contributed by atoms with E-state index in [1.54, 1.807) is 0 Å². The second-order valence-corrected chi connectivity index (χ2v) is 10.7. The Morgan fingerprint density at radius 3 is 1.76 bits per heavy atom. The number of nitrogens with zero attached hydrogens (tertiary/aromatic N) is 4. The van der Waals surface area contributed by atoms with Gasteiger partial charge in [0, 0.05) is 91.3 Å². The van der Waals surface area contributed by atoms with Crippen LogP contribution in [0.3, 0.4) is 0 Å². The molecule has 0 aromatic heterocycles. The van der Waals surface area contributed by atoms with E-state index in [-0.39, 0.29) is 61.1 Å². The molecule has 2 aliphatic rings. The number of nitro groups is 2. The number of benzene rings is 2. The van der Waals surface area contributed by atoms with Gasteiger partial charge < -0.3 is 11.5 Å². The van der Waals surface area contributed by atoms with Crippen molar-refractivity contribution < 1.29 is 53.9 Å². The molecular formula is C24H31AcBr2N6O4-. The van der Waals surface area contributed by atoms with Crippen LogP contribution in [0, 0.1) is 64.3 Å². The smallest absolute Gasteiger partial charge is 0.293 e. The van der Waals surface area contributed by atoms with Crippen LogP contribution in [0.1, 0.15) is 48.9 Å². The van der Waals surface area contributed by atoms with Gasteiger partial charge in [-0.2, -0.15) is 0 Å². The SMILES string of the molecule is CCCN1CCc2c(N)c([N+](=O)[O-])cc(Br)c2C1.CCCN1CCc2c([NH-])c([N+](=O)[O-])cc(Br)c2C1.[Ac]. The second-order valence-electron chi connectivity index (χ2n) is 9.02. The largest absolute Gasteiger partial charge is 0.693 e. The maximum absolute atomic E-state index is 10.9. The van der Waals surface area contributed by atoms with E-state index in [0.29, 0.717) is 12.1 Å². The number of fused-ring (bicyclic) bond motifs is 2. The second kappa shape index (κ2) is 14.5. The number of nitrogens with two attached hydrogens (primary N) is 1. The third-order valence-electron chi connectivity index (χ3n) is 6.58. The summed E-state index contributed by atoms with van der Waals surface area (Å²) >= 11 is 6.83. The van der Waals surface area contributed by atoms with Crippen molar-refractivity contribution in [1.29, 1.82) is 0 Å². The number of rotatable bonds is 6. The van der Waals surface area contributed by atoms with E-state index < -0.39 is 9.85 Å². The van der Waals surface area contributed by atoms with Gasteiger partial charge in [0.25, 0.3) is 11.4 Å². The van der Waals surface area contributed by atoms with Crippen molar-refractivity contribution in [2.75, 3.05) is 31.9 Å². The van der Waals surface area contributed by atoms with Gasteiger partial charge >= 0.3 is 0 Å². The number of hydrogen-bond acceptors (Lipinski definition) is 7. The molecule has 37 heavy (non-hydrogen) atoms. The first-order valence-electron chi connectivity index (χ1n) is 12.0. The predicted octanol–water partition coefficient (Wildman–Crippen LogP) is 6.52. The Balaban J connectivity index is 0.000000253. The number of nitro benzene ring substituents is 2.